The molecule has 1 unspecified atom stereocenters. The minimum atomic E-state index is -0.820. The van der Waals surface area contributed by atoms with Crippen LogP contribution in [-0.2, 0) is 4.79 Å². The zero-order valence-electron chi connectivity index (χ0n) is 7.82. The number of carbonyl (C=O) groups is 1. The van der Waals surface area contributed by atoms with E-state index in [0.29, 0.717) is 0 Å². The molecule has 0 aliphatic carbocycles. The van der Waals surface area contributed by atoms with Gasteiger partial charge in [0, 0.05) is 10.7 Å². The highest BCUT2D eigenvalue weighted by atomic mass is 79.9. The van der Waals surface area contributed by atoms with Crippen molar-refractivity contribution >= 4 is 33.7 Å². The molecule has 1 aromatic heterocycles. The van der Waals surface area contributed by atoms with E-state index in [9.17, 15) is 4.79 Å². The van der Waals surface area contributed by atoms with Gasteiger partial charge in [0.05, 0.1) is 5.03 Å². The van der Waals surface area contributed by atoms with E-state index in [2.05, 4.69) is 20.9 Å². The monoisotopic (exact) mass is 275 g/mol. The fraction of sp³-hybridized carbons (Fsp3) is 0.333. The SMILES string of the molecule is Cc1cc(Br)cnc1SC(C)C(=O)O. The Morgan fingerprint density at radius 1 is 1.71 bits per heavy atom. The van der Waals surface area contributed by atoms with E-state index >= 15 is 0 Å². The lowest BCUT2D eigenvalue weighted by atomic mass is 10.3. The van der Waals surface area contributed by atoms with Crippen molar-refractivity contribution in [3.8, 4) is 0 Å². The van der Waals surface area contributed by atoms with Gasteiger partial charge in [-0.05, 0) is 41.4 Å². The second-order valence-corrected chi connectivity index (χ2v) is 5.12. The highest BCUT2D eigenvalue weighted by Gasteiger charge is 2.14. The van der Waals surface area contributed by atoms with Gasteiger partial charge in [-0.1, -0.05) is 11.8 Å². The summed E-state index contributed by atoms with van der Waals surface area (Å²) in [6, 6.07) is 1.92. The van der Waals surface area contributed by atoms with Gasteiger partial charge in [0.25, 0.3) is 0 Å². The Bertz CT molecular complexity index is 357. The lowest BCUT2D eigenvalue weighted by Gasteiger charge is -2.07. The molecule has 0 amide bonds. The van der Waals surface area contributed by atoms with Gasteiger partial charge in [-0.3, -0.25) is 4.79 Å². The van der Waals surface area contributed by atoms with Crippen LogP contribution in [0.25, 0.3) is 0 Å². The van der Waals surface area contributed by atoms with Crippen molar-refractivity contribution in [2.75, 3.05) is 0 Å². The quantitative estimate of drug-likeness (QED) is 0.862. The molecule has 0 spiro atoms. The van der Waals surface area contributed by atoms with E-state index in [0.717, 1.165) is 15.1 Å². The number of halogens is 1. The minimum Gasteiger partial charge on any atom is -0.480 e. The van der Waals surface area contributed by atoms with Crippen LogP contribution < -0.4 is 0 Å². The number of hydrogen-bond acceptors (Lipinski definition) is 3. The average Bonchev–Trinajstić information content (AvgIpc) is 2.09. The molecule has 1 heterocycles. The molecule has 0 saturated heterocycles. The van der Waals surface area contributed by atoms with Crippen LogP contribution in [-0.4, -0.2) is 21.3 Å². The van der Waals surface area contributed by atoms with Gasteiger partial charge >= 0.3 is 5.97 Å². The first-order chi connectivity index (χ1) is 6.50. The van der Waals surface area contributed by atoms with Crippen LogP contribution in [0.5, 0.6) is 0 Å². The summed E-state index contributed by atoms with van der Waals surface area (Å²) in [7, 11) is 0. The summed E-state index contributed by atoms with van der Waals surface area (Å²) in [5.41, 5.74) is 0.984. The predicted molar refractivity (Wildman–Crippen MR) is 59.6 cm³/mol. The van der Waals surface area contributed by atoms with Crippen molar-refractivity contribution in [1.29, 1.82) is 0 Å². The van der Waals surface area contributed by atoms with E-state index in [1.807, 2.05) is 13.0 Å². The molecule has 1 N–H and O–H groups in total. The molecule has 0 radical (unpaired) electrons. The molecule has 14 heavy (non-hydrogen) atoms. The molecular weight excluding hydrogens is 266 g/mol. The van der Waals surface area contributed by atoms with Gasteiger partial charge in [0.1, 0.15) is 5.25 Å². The highest BCUT2D eigenvalue weighted by molar-refractivity contribution is 9.10. The summed E-state index contributed by atoms with van der Waals surface area (Å²) in [4.78, 5) is 14.8. The van der Waals surface area contributed by atoms with E-state index in [-0.39, 0.29) is 0 Å². The summed E-state index contributed by atoms with van der Waals surface area (Å²) in [6.07, 6.45) is 1.67. The Morgan fingerprint density at radius 3 is 2.86 bits per heavy atom. The van der Waals surface area contributed by atoms with Crippen LogP contribution in [0.2, 0.25) is 0 Å². The molecule has 1 atom stereocenters. The number of pyridine rings is 1. The van der Waals surface area contributed by atoms with Crippen LogP contribution in [0.3, 0.4) is 0 Å². The number of carboxylic acids is 1. The van der Waals surface area contributed by atoms with Gasteiger partial charge < -0.3 is 5.11 Å². The van der Waals surface area contributed by atoms with E-state index in [1.54, 1.807) is 13.1 Å². The lowest BCUT2D eigenvalue weighted by molar-refractivity contribution is -0.136. The molecule has 76 valence electrons. The Hall–Kier alpha value is -0.550. The molecule has 5 heteroatoms. The number of aliphatic carboxylic acids is 1. The first kappa shape index (κ1) is 11.5. The Kier molecular flexibility index (Phi) is 3.95. The summed E-state index contributed by atoms with van der Waals surface area (Å²) < 4.78 is 0.905. The normalized spacial score (nSPS) is 12.5. The van der Waals surface area contributed by atoms with Crippen molar-refractivity contribution in [2.45, 2.75) is 24.1 Å². The van der Waals surface area contributed by atoms with Gasteiger partial charge in [-0.25, -0.2) is 4.98 Å². The first-order valence-corrected chi connectivity index (χ1v) is 5.69. The van der Waals surface area contributed by atoms with Crippen molar-refractivity contribution in [1.82, 2.24) is 4.98 Å². The molecule has 0 fully saturated rings. The topological polar surface area (TPSA) is 50.2 Å². The number of thioether (sulfide) groups is 1. The highest BCUT2D eigenvalue weighted by Crippen LogP contribution is 2.26. The Balaban J connectivity index is 2.82. The Labute approximate surface area is 95.1 Å². The molecule has 1 aromatic rings. The number of nitrogens with zero attached hydrogens (tertiary/aromatic N) is 1. The molecule has 3 nitrogen and oxygen atoms in total. The molecular formula is C9H10BrNO2S. The summed E-state index contributed by atoms with van der Waals surface area (Å²) >= 11 is 4.56. The Morgan fingerprint density at radius 2 is 2.36 bits per heavy atom. The van der Waals surface area contributed by atoms with Crippen LogP contribution in [0, 0.1) is 6.92 Å². The van der Waals surface area contributed by atoms with Crippen LogP contribution in [0.4, 0.5) is 0 Å². The van der Waals surface area contributed by atoms with E-state index in [4.69, 9.17) is 5.11 Å². The maximum atomic E-state index is 10.6. The first-order valence-electron chi connectivity index (χ1n) is 4.02. The van der Waals surface area contributed by atoms with Crippen molar-refractivity contribution < 1.29 is 9.90 Å². The second-order valence-electron chi connectivity index (χ2n) is 2.87. The van der Waals surface area contributed by atoms with Crippen LogP contribution in [0.1, 0.15) is 12.5 Å². The molecule has 0 aromatic carbocycles. The fourth-order valence-corrected chi connectivity index (χ4v) is 2.11. The average molecular weight is 276 g/mol. The maximum Gasteiger partial charge on any atom is 0.316 e. The predicted octanol–water partition coefficient (Wildman–Crippen LogP) is 2.72. The standard InChI is InChI=1S/C9H10BrNO2S/c1-5-3-7(10)4-11-8(5)14-6(2)9(12)13/h3-4,6H,1-2H3,(H,12,13). The summed E-state index contributed by atoms with van der Waals surface area (Å²) in [5, 5.41) is 9.03. The number of carboxylic acid groups (broad SMARTS) is 1. The maximum absolute atomic E-state index is 10.6. The summed E-state index contributed by atoms with van der Waals surface area (Å²) in [5.74, 6) is -0.820. The lowest BCUT2D eigenvalue weighted by Crippen LogP contribution is -2.11. The van der Waals surface area contributed by atoms with Crippen molar-refractivity contribution in [2.24, 2.45) is 0 Å². The smallest absolute Gasteiger partial charge is 0.316 e. The molecule has 0 bridgehead atoms. The number of aryl methyl sites for hydroxylation is 1. The molecule has 1 rings (SSSR count). The van der Waals surface area contributed by atoms with Gasteiger partial charge in [0.15, 0.2) is 0 Å². The zero-order valence-corrected chi connectivity index (χ0v) is 10.2. The molecule has 0 saturated carbocycles. The second kappa shape index (κ2) is 4.79. The van der Waals surface area contributed by atoms with E-state index < -0.39 is 11.2 Å². The third-order valence-electron chi connectivity index (χ3n) is 1.63. The number of hydrogen-bond donors (Lipinski definition) is 1. The molecule has 0 aliphatic rings. The number of rotatable bonds is 3. The number of aromatic nitrogens is 1. The van der Waals surface area contributed by atoms with Crippen molar-refractivity contribution in [3.63, 3.8) is 0 Å². The fourth-order valence-electron chi connectivity index (χ4n) is 0.869. The van der Waals surface area contributed by atoms with Crippen molar-refractivity contribution in [3.05, 3.63) is 22.3 Å². The summed E-state index contributed by atoms with van der Waals surface area (Å²) in [6.45, 7) is 3.56. The zero-order chi connectivity index (χ0) is 10.7. The third kappa shape index (κ3) is 2.99. The van der Waals surface area contributed by atoms with Gasteiger partial charge in [0.2, 0.25) is 0 Å². The minimum absolute atomic E-state index is 0.470. The largest absolute Gasteiger partial charge is 0.480 e. The van der Waals surface area contributed by atoms with Gasteiger partial charge in [-0.2, -0.15) is 0 Å². The third-order valence-corrected chi connectivity index (χ3v) is 3.27. The van der Waals surface area contributed by atoms with Gasteiger partial charge in [-0.15, -0.1) is 0 Å². The van der Waals surface area contributed by atoms with Crippen LogP contribution in [0.15, 0.2) is 21.8 Å². The molecule has 0 aliphatic heterocycles. The van der Waals surface area contributed by atoms with E-state index in [1.165, 1.54) is 11.8 Å². The van der Waals surface area contributed by atoms with Crippen LogP contribution >= 0.6 is 27.7 Å².